The Balaban J connectivity index is 1.48. The van der Waals surface area contributed by atoms with Crippen LogP contribution in [0, 0.1) is 6.92 Å². The van der Waals surface area contributed by atoms with Crippen LogP contribution in [0.3, 0.4) is 0 Å². The van der Waals surface area contributed by atoms with Gasteiger partial charge in [-0.1, -0.05) is 60.7 Å². The number of halogens is 3. The Kier molecular flexibility index (Phi) is 7.31. The van der Waals surface area contributed by atoms with E-state index in [0.717, 1.165) is 28.7 Å². The van der Waals surface area contributed by atoms with Crippen LogP contribution < -0.4 is 5.32 Å². The highest BCUT2D eigenvalue weighted by molar-refractivity contribution is 5.77. The van der Waals surface area contributed by atoms with E-state index < -0.39 is 23.8 Å². The molecule has 2 aromatic heterocycles. The molecule has 0 radical (unpaired) electrons. The fraction of sp³-hybridized carbons (Fsp3) is 0.300. The monoisotopic (exact) mass is 518 g/mol. The van der Waals surface area contributed by atoms with Crippen molar-refractivity contribution >= 4 is 5.91 Å². The number of fused-ring (bicyclic) bond motifs is 1. The van der Waals surface area contributed by atoms with Gasteiger partial charge in [0.2, 0.25) is 5.91 Å². The van der Waals surface area contributed by atoms with Crippen molar-refractivity contribution in [2.45, 2.75) is 57.8 Å². The molecule has 2 heterocycles. The highest BCUT2D eigenvalue weighted by atomic mass is 19.4. The first kappa shape index (κ1) is 25.7. The Morgan fingerprint density at radius 2 is 1.68 bits per heavy atom. The Hall–Kier alpha value is -3.94. The van der Waals surface area contributed by atoms with Crippen molar-refractivity contribution < 1.29 is 18.0 Å². The number of nitrogens with one attached hydrogen (secondary N) is 1. The molecule has 4 aromatic rings. The largest absolute Gasteiger partial charge is 0.435 e. The number of carbonyl (C=O) groups excluding carboxylic acids is 1. The molecule has 38 heavy (non-hydrogen) atoms. The van der Waals surface area contributed by atoms with Crippen LogP contribution in [-0.2, 0) is 36.8 Å². The summed E-state index contributed by atoms with van der Waals surface area (Å²) in [7, 11) is 0. The summed E-state index contributed by atoms with van der Waals surface area (Å²) in [4.78, 5) is 18.0. The average molecular weight is 519 g/mol. The zero-order chi connectivity index (χ0) is 26.7. The standard InChI is InChI=1S/C30H29F3N4O/c1-20-10-5-6-13-22(20)23-15-9-17-34-28(23)25(18-21-11-3-2-4-12-21)35-27(38)19-37-26-16-8-7-14-24(26)29(36-37)30(31,32)33/h2-6,9-13,15,17,25H,7-8,14,16,18-19H2,1H3,(H,35,38). The number of aryl methyl sites for hydroxylation is 1. The van der Waals surface area contributed by atoms with Gasteiger partial charge in [0.1, 0.15) is 6.54 Å². The van der Waals surface area contributed by atoms with Crippen LogP contribution >= 0.6 is 0 Å². The molecule has 5 rings (SSSR count). The molecular formula is C30H29F3N4O. The Bertz CT molecular complexity index is 1430. The van der Waals surface area contributed by atoms with E-state index in [4.69, 9.17) is 0 Å². The van der Waals surface area contributed by atoms with Crippen molar-refractivity contribution in [3.8, 4) is 11.1 Å². The van der Waals surface area contributed by atoms with Gasteiger partial charge in [-0.2, -0.15) is 18.3 Å². The van der Waals surface area contributed by atoms with Gasteiger partial charge in [-0.25, -0.2) is 0 Å². The van der Waals surface area contributed by atoms with Crippen LogP contribution in [0.25, 0.3) is 11.1 Å². The van der Waals surface area contributed by atoms with E-state index in [1.807, 2.05) is 73.7 Å². The zero-order valence-electron chi connectivity index (χ0n) is 21.1. The lowest BCUT2D eigenvalue weighted by Gasteiger charge is -2.22. The molecular weight excluding hydrogens is 489 g/mol. The molecule has 0 saturated carbocycles. The van der Waals surface area contributed by atoms with Crippen LogP contribution in [0.5, 0.6) is 0 Å². The molecule has 0 aliphatic heterocycles. The lowest BCUT2D eigenvalue weighted by atomic mass is 9.93. The zero-order valence-corrected chi connectivity index (χ0v) is 21.1. The normalized spacial score (nSPS) is 14.1. The van der Waals surface area contributed by atoms with E-state index in [-0.39, 0.29) is 12.1 Å². The first-order valence-corrected chi connectivity index (χ1v) is 12.8. The summed E-state index contributed by atoms with van der Waals surface area (Å²) in [5.74, 6) is -0.406. The van der Waals surface area contributed by atoms with E-state index in [1.54, 1.807) is 6.20 Å². The highest BCUT2D eigenvalue weighted by Crippen LogP contribution is 2.36. The van der Waals surface area contributed by atoms with Gasteiger partial charge in [-0.15, -0.1) is 0 Å². The molecule has 1 aliphatic carbocycles. The second kappa shape index (κ2) is 10.8. The Labute approximate surface area is 219 Å². The maximum Gasteiger partial charge on any atom is 0.435 e. The molecule has 0 fully saturated rings. The van der Waals surface area contributed by atoms with Crippen molar-refractivity contribution in [1.29, 1.82) is 0 Å². The molecule has 5 nitrogen and oxygen atoms in total. The SMILES string of the molecule is Cc1ccccc1-c1cccnc1C(Cc1ccccc1)NC(=O)Cn1nc(C(F)(F)F)c2c1CCCC2. The second-order valence-corrected chi connectivity index (χ2v) is 9.70. The van der Waals surface area contributed by atoms with Crippen molar-refractivity contribution in [2.24, 2.45) is 0 Å². The van der Waals surface area contributed by atoms with Crippen LogP contribution in [0.2, 0.25) is 0 Å². The fourth-order valence-corrected chi connectivity index (χ4v) is 5.27. The summed E-state index contributed by atoms with van der Waals surface area (Å²) in [6.07, 6.45) is -0.0902. The van der Waals surface area contributed by atoms with Gasteiger partial charge < -0.3 is 5.32 Å². The molecule has 2 aromatic carbocycles. The predicted molar refractivity (Wildman–Crippen MR) is 139 cm³/mol. The number of rotatable bonds is 7. The highest BCUT2D eigenvalue weighted by Gasteiger charge is 2.39. The first-order valence-electron chi connectivity index (χ1n) is 12.8. The van der Waals surface area contributed by atoms with E-state index in [1.165, 1.54) is 4.68 Å². The summed E-state index contributed by atoms with van der Waals surface area (Å²) in [5, 5.41) is 6.93. The van der Waals surface area contributed by atoms with E-state index in [2.05, 4.69) is 15.4 Å². The average Bonchev–Trinajstić information content (AvgIpc) is 3.28. The van der Waals surface area contributed by atoms with Gasteiger partial charge in [-0.3, -0.25) is 14.5 Å². The Morgan fingerprint density at radius 1 is 0.974 bits per heavy atom. The van der Waals surface area contributed by atoms with Crippen LogP contribution in [0.15, 0.2) is 72.9 Å². The summed E-state index contributed by atoms with van der Waals surface area (Å²) < 4.78 is 42.2. The van der Waals surface area contributed by atoms with Gasteiger partial charge in [0.05, 0.1) is 11.7 Å². The van der Waals surface area contributed by atoms with Crippen LogP contribution in [0.1, 0.15) is 52.7 Å². The molecule has 0 spiro atoms. The van der Waals surface area contributed by atoms with Gasteiger partial charge in [0.15, 0.2) is 5.69 Å². The fourth-order valence-electron chi connectivity index (χ4n) is 5.27. The number of nitrogens with zero attached hydrogens (tertiary/aromatic N) is 3. The lowest BCUT2D eigenvalue weighted by Crippen LogP contribution is -2.34. The predicted octanol–water partition coefficient (Wildman–Crippen LogP) is 6.25. The minimum Gasteiger partial charge on any atom is -0.346 e. The van der Waals surface area contributed by atoms with E-state index in [0.29, 0.717) is 37.1 Å². The molecule has 1 unspecified atom stereocenters. The summed E-state index contributed by atoms with van der Waals surface area (Å²) in [5.41, 5.74) is 4.58. The summed E-state index contributed by atoms with van der Waals surface area (Å²) >= 11 is 0. The first-order chi connectivity index (χ1) is 18.3. The Morgan fingerprint density at radius 3 is 2.45 bits per heavy atom. The third-order valence-electron chi connectivity index (χ3n) is 7.04. The van der Waals surface area contributed by atoms with Crippen molar-refractivity contribution in [2.75, 3.05) is 0 Å². The van der Waals surface area contributed by atoms with Crippen LogP contribution in [0.4, 0.5) is 13.2 Å². The molecule has 1 atom stereocenters. The van der Waals surface area contributed by atoms with Crippen molar-refractivity contribution in [3.05, 3.63) is 107 Å². The minimum atomic E-state index is -4.55. The third-order valence-corrected chi connectivity index (χ3v) is 7.04. The maximum absolute atomic E-state index is 13.7. The number of carbonyl (C=O) groups is 1. The number of pyridine rings is 1. The van der Waals surface area contributed by atoms with Gasteiger partial charge >= 0.3 is 6.18 Å². The minimum absolute atomic E-state index is 0.226. The number of hydrogen-bond donors (Lipinski definition) is 1. The number of benzene rings is 2. The molecule has 0 bridgehead atoms. The second-order valence-electron chi connectivity index (χ2n) is 9.70. The van der Waals surface area contributed by atoms with E-state index in [9.17, 15) is 18.0 Å². The quantitative estimate of drug-likeness (QED) is 0.315. The summed E-state index contributed by atoms with van der Waals surface area (Å²) in [6.45, 7) is 1.74. The number of amides is 1. The molecule has 8 heteroatoms. The van der Waals surface area contributed by atoms with E-state index >= 15 is 0 Å². The number of aromatic nitrogens is 3. The van der Waals surface area contributed by atoms with Gasteiger partial charge in [-0.05, 0) is 61.8 Å². The molecule has 1 amide bonds. The summed E-state index contributed by atoms with van der Waals surface area (Å²) in [6, 6.07) is 21.1. The van der Waals surface area contributed by atoms with Gasteiger partial charge in [0.25, 0.3) is 0 Å². The third kappa shape index (κ3) is 5.49. The molecule has 196 valence electrons. The molecule has 1 aliphatic rings. The van der Waals surface area contributed by atoms with Crippen molar-refractivity contribution in [1.82, 2.24) is 20.1 Å². The number of alkyl halides is 3. The molecule has 1 N–H and O–H groups in total. The van der Waals surface area contributed by atoms with Crippen molar-refractivity contribution in [3.63, 3.8) is 0 Å². The number of hydrogen-bond acceptors (Lipinski definition) is 3. The lowest BCUT2D eigenvalue weighted by molar-refractivity contribution is -0.142. The van der Waals surface area contributed by atoms with Gasteiger partial charge in [0, 0.05) is 23.0 Å². The smallest absolute Gasteiger partial charge is 0.346 e. The van der Waals surface area contributed by atoms with Crippen LogP contribution in [-0.4, -0.2) is 20.7 Å². The molecule has 0 saturated heterocycles. The topological polar surface area (TPSA) is 59.8 Å². The maximum atomic E-state index is 13.7.